The van der Waals surface area contributed by atoms with Crippen molar-refractivity contribution in [2.75, 3.05) is 7.11 Å². The van der Waals surface area contributed by atoms with E-state index in [2.05, 4.69) is 11.1 Å². The molecule has 5 heteroatoms. The molecule has 1 unspecified atom stereocenters. The van der Waals surface area contributed by atoms with Gasteiger partial charge in [-0.05, 0) is 20.3 Å². The molecule has 70 valence electrons. The maximum absolute atomic E-state index is 9.26. The van der Waals surface area contributed by atoms with Crippen LogP contribution in [-0.4, -0.2) is 21.4 Å². The zero-order valence-electron chi connectivity index (χ0n) is 7.46. The van der Waals surface area contributed by atoms with E-state index < -0.39 is 11.4 Å². The summed E-state index contributed by atoms with van der Waals surface area (Å²) >= 11 is -2.07. The first kappa shape index (κ1) is 13.6. The summed E-state index contributed by atoms with van der Waals surface area (Å²) in [5, 5.41) is 0. The van der Waals surface area contributed by atoms with Gasteiger partial charge in [0.1, 0.15) is 0 Å². The Balaban J connectivity index is 0. The molecule has 0 fully saturated rings. The highest BCUT2D eigenvalue weighted by molar-refractivity contribution is 7.74. The van der Waals surface area contributed by atoms with Crippen molar-refractivity contribution in [3.8, 4) is 0 Å². The third kappa shape index (κ3) is 25.6. The summed E-state index contributed by atoms with van der Waals surface area (Å²) in [6.45, 7) is 6.12. The fourth-order valence-corrected chi connectivity index (χ4v) is 0. The Morgan fingerprint density at radius 3 is 1.82 bits per heavy atom. The van der Waals surface area contributed by atoms with Gasteiger partial charge in [-0.15, -0.1) is 0 Å². The van der Waals surface area contributed by atoms with E-state index in [0.29, 0.717) is 0 Å². The smallest absolute Gasteiger partial charge is 0.301 e. The maximum atomic E-state index is 9.26. The lowest BCUT2D eigenvalue weighted by Gasteiger charge is -2.13. The van der Waals surface area contributed by atoms with Gasteiger partial charge in [0.05, 0.1) is 7.11 Å². The van der Waals surface area contributed by atoms with Gasteiger partial charge in [-0.25, -0.2) is 0 Å². The Bertz CT molecular complexity index is 111. The van der Waals surface area contributed by atoms with Gasteiger partial charge in [0.2, 0.25) is 0 Å². The maximum Gasteiger partial charge on any atom is 0.301 e. The molecule has 0 aliphatic heterocycles. The van der Waals surface area contributed by atoms with Crippen LogP contribution in [-0.2, 0) is 15.5 Å². The Morgan fingerprint density at radius 1 is 1.64 bits per heavy atom. The van der Waals surface area contributed by atoms with Gasteiger partial charge in [-0.3, -0.25) is 8.74 Å². The number of hydrogen-bond donors (Lipinski definition) is 2. The molecule has 0 rings (SSSR count). The minimum atomic E-state index is -2.07. The zero-order valence-corrected chi connectivity index (χ0v) is 8.27. The van der Waals surface area contributed by atoms with Crippen LogP contribution in [0.25, 0.3) is 0 Å². The van der Waals surface area contributed by atoms with Crippen molar-refractivity contribution in [2.24, 2.45) is 5.73 Å². The molecule has 0 spiro atoms. The van der Waals surface area contributed by atoms with Crippen LogP contribution < -0.4 is 5.73 Å². The van der Waals surface area contributed by atoms with Crippen LogP contribution >= 0.6 is 0 Å². The number of hydrogen-bond acceptors (Lipinski definition) is 3. The average Bonchev–Trinajstić information content (AvgIpc) is 1.88. The van der Waals surface area contributed by atoms with Crippen molar-refractivity contribution in [1.82, 2.24) is 0 Å². The molecule has 4 nitrogen and oxygen atoms in total. The van der Waals surface area contributed by atoms with Crippen LogP contribution in [0.15, 0.2) is 0 Å². The molecule has 0 aromatic heterocycles. The third-order valence-corrected chi connectivity index (χ3v) is 1.34. The highest BCUT2D eigenvalue weighted by Crippen LogP contribution is 1.99. The third-order valence-electron chi connectivity index (χ3n) is 1.05. The van der Waals surface area contributed by atoms with Crippen molar-refractivity contribution >= 4 is 11.4 Å². The summed E-state index contributed by atoms with van der Waals surface area (Å²) in [5.74, 6) is 0. The summed E-state index contributed by atoms with van der Waals surface area (Å²) in [7, 11) is 1.15. The van der Waals surface area contributed by atoms with Crippen molar-refractivity contribution in [1.29, 1.82) is 0 Å². The minimum Gasteiger partial charge on any atom is -0.326 e. The van der Waals surface area contributed by atoms with Crippen molar-refractivity contribution in [3.63, 3.8) is 0 Å². The highest BCUT2D eigenvalue weighted by Gasteiger charge is 2.03. The molecule has 0 aliphatic rings. The van der Waals surface area contributed by atoms with E-state index in [-0.39, 0.29) is 5.54 Å². The van der Waals surface area contributed by atoms with Crippen LogP contribution in [0.4, 0.5) is 0 Å². The van der Waals surface area contributed by atoms with Crippen molar-refractivity contribution in [2.45, 2.75) is 32.7 Å². The lowest BCUT2D eigenvalue weighted by molar-refractivity contribution is 0.379. The molecule has 11 heavy (non-hydrogen) atoms. The molecular formula is C6H17NO3S. The second-order valence-electron chi connectivity index (χ2n) is 2.73. The quantitative estimate of drug-likeness (QED) is 0.624. The van der Waals surface area contributed by atoms with Crippen LogP contribution in [0.1, 0.15) is 27.2 Å². The van der Waals surface area contributed by atoms with E-state index in [0.717, 1.165) is 13.5 Å². The molecule has 0 aliphatic carbocycles. The lowest BCUT2D eigenvalue weighted by Crippen LogP contribution is -2.30. The van der Waals surface area contributed by atoms with Gasteiger partial charge in [0, 0.05) is 5.54 Å². The molecule has 0 saturated carbocycles. The van der Waals surface area contributed by atoms with E-state index >= 15 is 0 Å². The average molecular weight is 183 g/mol. The van der Waals surface area contributed by atoms with Crippen molar-refractivity contribution < 1.29 is 12.9 Å². The predicted molar refractivity (Wildman–Crippen MR) is 46.3 cm³/mol. The zero-order chi connectivity index (χ0) is 9.49. The van der Waals surface area contributed by atoms with E-state index in [4.69, 9.17) is 10.3 Å². The molecule has 0 saturated heterocycles. The first-order valence-electron chi connectivity index (χ1n) is 3.27. The molecular weight excluding hydrogens is 166 g/mol. The molecule has 0 radical (unpaired) electrons. The lowest BCUT2D eigenvalue weighted by atomic mass is 10.1. The SMILES string of the molecule is CCC(C)(C)N.COS(=O)O. The molecule has 0 aromatic rings. The first-order valence-corrected chi connectivity index (χ1v) is 4.31. The Morgan fingerprint density at radius 2 is 1.82 bits per heavy atom. The topological polar surface area (TPSA) is 72.5 Å². The Kier molecular flexibility index (Phi) is 8.32. The largest absolute Gasteiger partial charge is 0.326 e. The number of nitrogens with two attached hydrogens (primary N) is 1. The molecule has 0 bridgehead atoms. The predicted octanol–water partition coefficient (Wildman–Crippen LogP) is 0.903. The number of rotatable bonds is 2. The van der Waals surface area contributed by atoms with E-state index in [1.165, 1.54) is 0 Å². The molecule has 3 N–H and O–H groups in total. The molecule has 1 atom stereocenters. The molecule has 0 amide bonds. The minimum absolute atomic E-state index is 0.0417. The Labute approximate surface area is 70.6 Å². The molecule has 0 aromatic carbocycles. The van der Waals surface area contributed by atoms with Gasteiger partial charge in [-0.1, -0.05) is 6.92 Å². The second kappa shape index (κ2) is 6.72. The Hall–Kier alpha value is 0.0300. The molecule has 0 heterocycles. The summed E-state index contributed by atoms with van der Waals surface area (Å²) in [6.07, 6.45) is 1.05. The normalized spacial score (nSPS) is 13.3. The van der Waals surface area contributed by atoms with Gasteiger partial charge in [0.25, 0.3) is 0 Å². The fraction of sp³-hybridized carbons (Fsp3) is 1.00. The summed E-state index contributed by atoms with van der Waals surface area (Å²) < 4.78 is 20.6. The van der Waals surface area contributed by atoms with Crippen LogP contribution in [0.5, 0.6) is 0 Å². The summed E-state index contributed by atoms with van der Waals surface area (Å²) in [6, 6.07) is 0. The van der Waals surface area contributed by atoms with Gasteiger partial charge in [-0.2, -0.15) is 4.21 Å². The standard InChI is InChI=1S/C5H13N.CH4O3S/c1-4-5(2,3)6;1-4-5(2)3/h4,6H2,1-3H3;1H3,(H,2,3). The van der Waals surface area contributed by atoms with Gasteiger partial charge in [0.15, 0.2) is 0 Å². The van der Waals surface area contributed by atoms with Crippen LogP contribution in [0.3, 0.4) is 0 Å². The monoisotopic (exact) mass is 183 g/mol. The van der Waals surface area contributed by atoms with Gasteiger partial charge >= 0.3 is 11.4 Å². The van der Waals surface area contributed by atoms with Crippen LogP contribution in [0.2, 0.25) is 0 Å². The van der Waals surface area contributed by atoms with Gasteiger partial charge < -0.3 is 5.73 Å². The first-order chi connectivity index (χ1) is 4.83. The van der Waals surface area contributed by atoms with E-state index in [1.54, 1.807) is 0 Å². The fourth-order valence-electron chi connectivity index (χ4n) is 0. The highest BCUT2D eigenvalue weighted by atomic mass is 32.2. The summed E-state index contributed by atoms with van der Waals surface area (Å²) in [4.78, 5) is 0. The van der Waals surface area contributed by atoms with E-state index in [1.807, 2.05) is 13.8 Å². The van der Waals surface area contributed by atoms with E-state index in [9.17, 15) is 4.21 Å². The summed E-state index contributed by atoms with van der Waals surface area (Å²) in [5.41, 5.74) is 5.58. The second-order valence-corrected chi connectivity index (χ2v) is 3.49. The van der Waals surface area contributed by atoms with Crippen molar-refractivity contribution in [3.05, 3.63) is 0 Å². The van der Waals surface area contributed by atoms with Crippen LogP contribution in [0, 0.1) is 0 Å².